The molecule has 23 heavy (non-hydrogen) atoms. The van der Waals surface area contributed by atoms with Gasteiger partial charge in [-0.3, -0.25) is 0 Å². The predicted octanol–water partition coefficient (Wildman–Crippen LogP) is 0.339. The summed E-state index contributed by atoms with van der Waals surface area (Å²) in [4.78, 5) is 12.4. The quantitative estimate of drug-likeness (QED) is 0.315. The first-order valence-electron chi connectivity index (χ1n) is 8.04. The van der Waals surface area contributed by atoms with Crippen LogP contribution >= 0.6 is 0 Å². The van der Waals surface area contributed by atoms with Gasteiger partial charge in [-0.05, 0) is 18.9 Å². The number of rotatable bonds is 6. The third-order valence-corrected chi connectivity index (χ3v) is 5.27. The number of esters is 1. The van der Waals surface area contributed by atoms with Crippen LogP contribution in [0.2, 0.25) is 0 Å². The number of nitrogens with zero attached hydrogens (tertiary/aromatic N) is 1. The summed E-state index contributed by atoms with van der Waals surface area (Å²) in [6, 6.07) is -0.560. The van der Waals surface area contributed by atoms with E-state index in [1.54, 1.807) is 26.8 Å². The van der Waals surface area contributed by atoms with Crippen LogP contribution in [-0.2, 0) is 14.3 Å². The molecule has 0 spiro atoms. The van der Waals surface area contributed by atoms with Gasteiger partial charge in [0, 0.05) is 19.1 Å². The van der Waals surface area contributed by atoms with E-state index in [-0.39, 0.29) is 13.2 Å². The van der Waals surface area contributed by atoms with Crippen LogP contribution in [0.5, 0.6) is 0 Å². The first kappa shape index (κ1) is 18.4. The molecule has 2 N–H and O–H groups in total. The maximum absolute atomic E-state index is 12.5. The van der Waals surface area contributed by atoms with Gasteiger partial charge < -0.3 is 29.5 Å². The van der Waals surface area contributed by atoms with Crippen molar-refractivity contribution in [2.24, 2.45) is 5.92 Å². The van der Waals surface area contributed by atoms with Gasteiger partial charge in [-0.1, -0.05) is 13.8 Å². The molecule has 2 aliphatic heterocycles. The van der Waals surface area contributed by atoms with Gasteiger partial charge in [0.25, 0.3) is 0 Å². The zero-order valence-electron chi connectivity index (χ0n) is 14.2. The molecule has 2 rings (SSSR count). The number of carbonyl (C=O) groups is 1. The average Bonchev–Trinajstić information content (AvgIpc) is 2.99. The Bertz CT molecular complexity index is 493. The fourth-order valence-corrected chi connectivity index (χ4v) is 3.57. The molecule has 0 aliphatic carbocycles. The Balaban J connectivity index is 2.04. The summed E-state index contributed by atoms with van der Waals surface area (Å²) < 4.78 is 9.92. The number of hydrogen-bond donors (Lipinski definition) is 2. The van der Waals surface area contributed by atoms with E-state index in [1.165, 1.54) is 7.11 Å². The van der Waals surface area contributed by atoms with Crippen LogP contribution in [-0.4, -0.2) is 71.5 Å². The molecular weight excluding hydrogens is 302 g/mol. The Morgan fingerprint density at radius 2 is 2.17 bits per heavy atom. The van der Waals surface area contributed by atoms with Crippen molar-refractivity contribution in [1.29, 1.82) is 0 Å². The number of quaternary nitrogens is 1. The first-order chi connectivity index (χ1) is 10.7. The number of fused-ring (bicyclic) bond motifs is 1. The molecule has 7 nitrogen and oxygen atoms in total. The van der Waals surface area contributed by atoms with E-state index in [4.69, 9.17) is 9.47 Å². The topological polar surface area (TPSA) is 99.1 Å². The van der Waals surface area contributed by atoms with Crippen molar-refractivity contribution < 1.29 is 29.1 Å². The lowest BCUT2D eigenvalue weighted by molar-refractivity contribution is -0.877. The van der Waals surface area contributed by atoms with Crippen molar-refractivity contribution in [1.82, 2.24) is 0 Å². The Kier molecular flexibility index (Phi) is 5.18. The number of ether oxygens (including phenoxy) is 2. The minimum absolute atomic E-state index is 0.0890. The smallest absolute Gasteiger partial charge is 0.341 e. The second kappa shape index (κ2) is 6.49. The second-order valence-corrected chi connectivity index (χ2v) is 6.87. The summed E-state index contributed by atoms with van der Waals surface area (Å²) in [7, 11) is 1.42. The van der Waals surface area contributed by atoms with Crippen molar-refractivity contribution in [3.05, 3.63) is 16.9 Å². The van der Waals surface area contributed by atoms with Crippen molar-refractivity contribution in [3.8, 4) is 0 Å². The number of methoxy groups -OCH3 is 1. The van der Waals surface area contributed by atoms with E-state index in [9.17, 15) is 20.2 Å². The fourth-order valence-electron chi connectivity index (χ4n) is 3.57. The average molecular weight is 329 g/mol. The minimum atomic E-state index is -1.76. The SMILES string of the molecule is CO[C@@H](C)[C@@](O)(C(=O)OCC1=CC[N+]2([O-])CC[C@@H](O)[C@H]12)C(C)C. The molecule has 0 aromatic carbocycles. The standard InChI is InChI=1S/C16H27NO6/c1-10(2)16(20,11(3)22-4)15(19)23-9-12-5-7-17(21)8-6-13(18)14(12)17/h5,10-11,13-14,18,20H,6-9H2,1-4H3/t11-,13+,14-,16+,17?/m0/s1. The van der Waals surface area contributed by atoms with E-state index < -0.39 is 40.4 Å². The van der Waals surface area contributed by atoms with Crippen molar-refractivity contribution in [3.63, 3.8) is 0 Å². The highest BCUT2D eigenvalue weighted by Gasteiger charge is 2.49. The molecule has 1 saturated heterocycles. The second-order valence-electron chi connectivity index (χ2n) is 6.87. The van der Waals surface area contributed by atoms with Crippen LogP contribution in [0.3, 0.4) is 0 Å². The van der Waals surface area contributed by atoms with Crippen LogP contribution in [0.4, 0.5) is 0 Å². The molecule has 0 amide bonds. The highest BCUT2D eigenvalue weighted by Crippen LogP contribution is 2.36. The molecular formula is C16H27NO6. The normalized spacial score (nSPS) is 34.0. The van der Waals surface area contributed by atoms with Crippen LogP contribution in [0.25, 0.3) is 0 Å². The third kappa shape index (κ3) is 3.04. The van der Waals surface area contributed by atoms with Gasteiger partial charge in [-0.2, -0.15) is 0 Å². The molecule has 1 fully saturated rings. The monoisotopic (exact) mass is 329 g/mol. The van der Waals surface area contributed by atoms with Gasteiger partial charge in [-0.15, -0.1) is 0 Å². The van der Waals surface area contributed by atoms with Crippen LogP contribution in [0.15, 0.2) is 11.6 Å². The molecule has 0 bridgehead atoms. The van der Waals surface area contributed by atoms with Crippen molar-refractivity contribution in [2.75, 3.05) is 26.8 Å². The zero-order chi connectivity index (χ0) is 17.4. The number of aliphatic hydroxyl groups excluding tert-OH is 1. The molecule has 0 saturated carbocycles. The van der Waals surface area contributed by atoms with Crippen molar-refractivity contribution >= 4 is 5.97 Å². The van der Waals surface area contributed by atoms with E-state index >= 15 is 0 Å². The van der Waals surface area contributed by atoms with Crippen LogP contribution < -0.4 is 0 Å². The lowest BCUT2D eigenvalue weighted by Crippen LogP contribution is -2.54. The van der Waals surface area contributed by atoms with Crippen LogP contribution in [0, 0.1) is 11.1 Å². The number of hydrogen-bond acceptors (Lipinski definition) is 6. The summed E-state index contributed by atoms with van der Waals surface area (Å²) in [6.07, 6.45) is 0.762. The lowest BCUT2D eigenvalue weighted by Gasteiger charge is -2.40. The summed E-state index contributed by atoms with van der Waals surface area (Å²) in [5.41, 5.74) is -1.12. The highest BCUT2D eigenvalue weighted by molar-refractivity contribution is 5.80. The summed E-state index contributed by atoms with van der Waals surface area (Å²) in [5.74, 6) is -1.17. The molecule has 5 atom stereocenters. The predicted molar refractivity (Wildman–Crippen MR) is 83.1 cm³/mol. The van der Waals surface area contributed by atoms with Gasteiger partial charge in [0.2, 0.25) is 0 Å². The molecule has 0 aromatic rings. The van der Waals surface area contributed by atoms with Gasteiger partial charge in [-0.25, -0.2) is 4.79 Å². The maximum atomic E-state index is 12.5. The van der Waals surface area contributed by atoms with Gasteiger partial charge in [0.1, 0.15) is 18.8 Å². The lowest BCUT2D eigenvalue weighted by atomic mass is 9.85. The van der Waals surface area contributed by atoms with Crippen molar-refractivity contribution in [2.45, 2.75) is 51.0 Å². The number of hydroxylamine groups is 3. The molecule has 132 valence electrons. The van der Waals surface area contributed by atoms with E-state index in [0.717, 1.165) is 0 Å². The Hall–Kier alpha value is -0.990. The summed E-state index contributed by atoms with van der Waals surface area (Å²) in [6.45, 7) is 5.61. The molecule has 0 aromatic heterocycles. The van der Waals surface area contributed by atoms with Crippen LogP contribution in [0.1, 0.15) is 27.2 Å². The summed E-state index contributed by atoms with van der Waals surface area (Å²) in [5, 5.41) is 33.2. The Morgan fingerprint density at radius 3 is 2.74 bits per heavy atom. The third-order valence-electron chi connectivity index (χ3n) is 5.27. The first-order valence-corrected chi connectivity index (χ1v) is 8.04. The number of aliphatic hydroxyl groups is 2. The zero-order valence-corrected chi connectivity index (χ0v) is 14.2. The largest absolute Gasteiger partial charge is 0.632 e. The van der Waals surface area contributed by atoms with Gasteiger partial charge in [0.15, 0.2) is 5.60 Å². The van der Waals surface area contributed by atoms with Gasteiger partial charge in [0.05, 0.1) is 19.2 Å². The number of carbonyl (C=O) groups excluding carboxylic acids is 1. The van der Waals surface area contributed by atoms with Gasteiger partial charge >= 0.3 is 5.97 Å². The fraction of sp³-hybridized carbons (Fsp3) is 0.812. The Morgan fingerprint density at radius 1 is 1.52 bits per heavy atom. The van der Waals surface area contributed by atoms with E-state index in [2.05, 4.69) is 0 Å². The molecule has 2 heterocycles. The molecule has 0 radical (unpaired) electrons. The summed E-state index contributed by atoms with van der Waals surface area (Å²) >= 11 is 0. The molecule has 1 unspecified atom stereocenters. The minimum Gasteiger partial charge on any atom is -0.632 e. The maximum Gasteiger partial charge on any atom is 0.341 e. The highest BCUT2D eigenvalue weighted by atomic mass is 16.6. The Labute approximate surface area is 136 Å². The van der Waals surface area contributed by atoms with E-state index in [1.807, 2.05) is 0 Å². The van der Waals surface area contributed by atoms with E-state index in [0.29, 0.717) is 18.5 Å². The molecule has 2 aliphatic rings. The molecule has 7 heteroatoms.